The Balaban J connectivity index is 3.15. The molecule has 0 saturated heterocycles. The molecule has 0 fully saturated rings. The maximum atomic E-state index is 11.5. The smallest absolute Gasteiger partial charge is 0.338 e. The zero-order valence-corrected chi connectivity index (χ0v) is 11.5. The topological polar surface area (TPSA) is 26.3 Å². The standard InChI is InChI=1S/C12H11Cl3O2/c1-3-17-12(16)7(2)8-4-5-10(14)9(6-13)11(8)15/h4-5H,2-3,6H2,1H3. The Morgan fingerprint density at radius 2 is 2.06 bits per heavy atom. The molecule has 5 heteroatoms. The van der Waals surface area contributed by atoms with Crippen molar-refractivity contribution in [3.05, 3.63) is 39.9 Å². The van der Waals surface area contributed by atoms with Gasteiger partial charge >= 0.3 is 5.97 Å². The van der Waals surface area contributed by atoms with E-state index >= 15 is 0 Å². The summed E-state index contributed by atoms with van der Waals surface area (Å²) in [4.78, 5) is 11.5. The van der Waals surface area contributed by atoms with Crippen LogP contribution in [0, 0.1) is 0 Å². The molecule has 1 aromatic rings. The van der Waals surface area contributed by atoms with Gasteiger partial charge < -0.3 is 4.74 Å². The lowest BCUT2D eigenvalue weighted by Gasteiger charge is -2.11. The first-order valence-electron chi connectivity index (χ1n) is 4.92. The van der Waals surface area contributed by atoms with E-state index in [1.165, 1.54) is 0 Å². The molecule has 92 valence electrons. The predicted octanol–water partition coefficient (Wildman–Crippen LogP) is 4.31. The van der Waals surface area contributed by atoms with Crippen molar-refractivity contribution in [3.8, 4) is 0 Å². The Labute approximate surface area is 115 Å². The molecule has 0 unspecified atom stereocenters. The first kappa shape index (κ1) is 14.4. The monoisotopic (exact) mass is 292 g/mol. The number of hydrogen-bond acceptors (Lipinski definition) is 2. The zero-order valence-electron chi connectivity index (χ0n) is 9.23. The molecular formula is C12H11Cl3O2. The Kier molecular flexibility index (Phi) is 5.31. The van der Waals surface area contributed by atoms with E-state index < -0.39 is 5.97 Å². The van der Waals surface area contributed by atoms with Gasteiger partial charge in [0.15, 0.2) is 0 Å². The summed E-state index contributed by atoms with van der Waals surface area (Å²) in [6.45, 7) is 5.67. The normalized spacial score (nSPS) is 10.1. The third-order valence-electron chi connectivity index (χ3n) is 2.17. The van der Waals surface area contributed by atoms with E-state index in [4.69, 9.17) is 39.5 Å². The fourth-order valence-corrected chi connectivity index (χ4v) is 2.31. The molecule has 0 atom stereocenters. The van der Waals surface area contributed by atoms with Crippen LogP contribution in [0.1, 0.15) is 18.1 Å². The molecule has 0 heterocycles. The highest BCUT2D eigenvalue weighted by Gasteiger charge is 2.17. The van der Waals surface area contributed by atoms with Crippen LogP contribution in [0.15, 0.2) is 18.7 Å². The minimum absolute atomic E-state index is 0.168. The summed E-state index contributed by atoms with van der Waals surface area (Å²) in [6.07, 6.45) is 0. The molecule has 1 aromatic carbocycles. The van der Waals surface area contributed by atoms with Gasteiger partial charge in [-0.05, 0) is 13.0 Å². The Morgan fingerprint density at radius 1 is 1.41 bits per heavy atom. The van der Waals surface area contributed by atoms with E-state index in [1.807, 2.05) is 0 Å². The summed E-state index contributed by atoms with van der Waals surface area (Å²) in [7, 11) is 0. The third-order valence-corrected chi connectivity index (χ3v) is 3.22. The van der Waals surface area contributed by atoms with Crippen LogP contribution in [0.4, 0.5) is 0 Å². The lowest BCUT2D eigenvalue weighted by atomic mass is 10.0. The molecule has 2 nitrogen and oxygen atoms in total. The van der Waals surface area contributed by atoms with Crippen LogP contribution < -0.4 is 0 Å². The van der Waals surface area contributed by atoms with Crippen LogP contribution in [0.5, 0.6) is 0 Å². The lowest BCUT2D eigenvalue weighted by Crippen LogP contribution is -2.06. The van der Waals surface area contributed by atoms with Crippen molar-refractivity contribution in [2.45, 2.75) is 12.8 Å². The van der Waals surface area contributed by atoms with Crippen LogP contribution in [0.2, 0.25) is 10.0 Å². The Bertz CT molecular complexity index is 455. The van der Waals surface area contributed by atoms with Crippen molar-refractivity contribution in [1.29, 1.82) is 0 Å². The minimum atomic E-state index is -0.503. The molecule has 0 saturated carbocycles. The molecule has 0 spiro atoms. The highest BCUT2D eigenvalue weighted by Crippen LogP contribution is 2.33. The van der Waals surface area contributed by atoms with Gasteiger partial charge in [0.05, 0.1) is 23.1 Å². The van der Waals surface area contributed by atoms with Gasteiger partial charge in [-0.15, -0.1) is 11.6 Å². The first-order valence-corrected chi connectivity index (χ1v) is 6.21. The summed E-state index contributed by atoms with van der Waals surface area (Å²) in [5, 5.41) is 0.802. The van der Waals surface area contributed by atoms with Crippen molar-refractivity contribution < 1.29 is 9.53 Å². The second-order valence-corrected chi connectivity index (χ2v) is 4.27. The van der Waals surface area contributed by atoms with E-state index in [9.17, 15) is 4.79 Å². The lowest BCUT2D eigenvalue weighted by molar-refractivity contribution is -0.136. The van der Waals surface area contributed by atoms with E-state index in [0.717, 1.165) is 0 Å². The summed E-state index contributed by atoms with van der Waals surface area (Å²) in [6, 6.07) is 3.25. The number of halogens is 3. The highest BCUT2D eigenvalue weighted by atomic mass is 35.5. The van der Waals surface area contributed by atoms with Gasteiger partial charge in [0.2, 0.25) is 0 Å². The number of ether oxygens (including phenoxy) is 1. The molecule has 0 radical (unpaired) electrons. The number of benzene rings is 1. The van der Waals surface area contributed by atoms with Gasteiger partial charge in [0.1, 0.15) is 0 Å². The number of carbonyl (C=O) groups excluding carboxylic acids is 1. The van der Waals surface area contributed by atoms with Crippen molar-refractivity contribution in [3.63, 3.8) is 0 Å². The Hall–Kier alpha value is -0.700. The van der Waals surface area contributed by atoms with Gasteiger partial charge in [-0.3, -0.25) is 0 Å². The van der Waals surface area contributed by atoms with Crippen molar-refractivity contribution in [2.24, 2.45) is 0 Å². The van der Waals surface area contributed by atoms with E-state index in [0.29, 0.717) is 21.2 Å². The minimum Gasteiger partial charge on any atom is -0.462 e. The molecule has 0 amide bonds. The fourth-order valence-electron chi connectivity index (χ4n) is 1.28. The molecule has 0 aliphatic carbocycles. The molecule has 0 aromatic heterocycles. The largest absolute Gasteiger partial charge is 0.462 e. The van der Waals surface area contributed by atoms with Gasteiger partial charge in [0.25, 0.3) is 0 Å². The van der Waals surface area contributed by atoms with Crippen LogP contribution in [-0.4, -0.2) is 12.6 Å². The van der Waals surface area contributed by atoms with Crippen molar-refractivity contribution in [2.75, 3.05) is 6.61 Å². The molecule has 0 aliphatic rings. The van der Waals surface area contributed by atoms with Crippen LogP contribution in [0.3, 0.4) is 0 Å². The first-order chi connectivity index (χ1) is 8.02. The maximum absolute atomic E-state index is 11.5. The van der Waals surface area contributed by atoms with Crippen molar-refractivity contribution >= 4 is 46.3 Å². The number of carbonyl (C=O) groups is 1. The predicted molar refractivity (Wildman–Crippen MR) is 71.7 cm³/mol. The SMILES string of the molecule is C=C(C(=O)OCC)c1ccc(Cl)c(CCl)c1Cl. The Morgan fingerprint density at radius 3 is 2.59 bits per heavy atom. The second kappa shape index (κ2) is 6.29. The van der Waals surface area contributed by atoms with E-state index in [1.54, 1.807) is 19.1 Å². The molecule has 0 N–H and O–H groups in total. The molecular weight excluding hydrogens is 282 g/mol. The quantitative estimate of drug-likeness (QED) is 0.470. The highest BCUT2D eigenvalue weighted by molar-refractivity contribution is 6.39. The zero-order chi connectivity index (χ0) is 13.0. The van der Waals surface area contributed by atoms with Gasteiger partial charge in [-0.25, -0.2) is 4.79 Å². The molecule has 1 rings (SSSR count). The van der Waals surface area contributed by atoms with Crippen LogP contribution in [0.25, 0.3) is 5.57 Å². The molecule has 0 aliphatic heterocycles. The number of esters is 1. The number of alkyl halides is 1. The molecule has 17 heavy (non-hydrogen) atoms. The van der Waals surface area contributed by atoms with E-state index in [2.05, 4.69) is 6.58 Å². The fraction of sp³-hybridized carbons (Fsp3) is 0.250. The summed E-state index contributed by atoms with van der Waals surface area (Å²) >= 11 is 17.8. The summed E-state index contributed by atoms with van der Waals surface area (Å²) in [5.41, 5.74) is 1.27. The van der Waals surface area contributed by atoms with E-state index in [-0.39, 0.29) is 18.1 Å². The second-order valence-electron chi connectivity index (χ2n) is 3.22. The van der Waals surface area contributed by atoms with Gasteiger partial charge in [-0.2, -0.15) is 0 Å². The van der Waals surface area contributed by atoms with Gasteiger partial charge in [-0.1, -0.05) is 35.8 Å². The summed E-state index contributed by atoms with van der Waals surface area (Å²) < 4.78 is 4.85. The average molecular weight is 294 g/mol. The summed E-state index contributed by atoms with van der Waals surface area (Å²) in [5.74, 6) is -0.334. The van der Waals surface area contributed by atoms with Crippen molar-refractivity contribution in [1.82, 2.24) is 0 Å². The third kappa shape index (κ3) is 3.15. The number of hydrogen-bond donors (Lipinski definition) is 0. The molecule has 0 bridgehead atoms. The van der Waals surface area contributed by atoms with Crippen LogP contribution in [-0.2, 0) is 15.4 Å². The number of rotatable bonds is 4. The van der Waals surface area contributed by atoms with Gasteiger partial charge in [0, 0.05) is 16.1 Å². The average Bonchev–Trinajstić information content (AvgIpc) is 2.29. The maximum Gasteiger partial charge on any atom is 0.338 e. The van der Waals surface area contributed by atoms with Crippen LogP contribution >= 0.6 is 34.8 Å².